The maximum Gasteiger partial charge on any atom is 0.410 e. The quantitative estimate of drug-likeness (QED) is 0.270. The molecule has 1 fully saturated rings. The van der Waals surface area contributed by atoms with Gasteiger partial charge in [0.15, 0.2) is 5.65 Å². The Morgan fingerprint density at radius 2 is 1.86 bits per heavy atom. The van der Waals surface area contributed by atoms with Crippen molar-refractivity contribution in [1.82, 2.24) is 24.0 Å². The van der Waals surface area contributed by atoms with Crippen molar-refractivity contribution >= 4 is 28.2 Å². The second-order valence-electron chi connectivity index (χ2n) is 9.90. The van der Waals surface area contributed by atoms with Crippen LogP contribution in [0.4, 0.5) is 13.6 Å². The van der Waals surface area contributed by atoms with Crippen molar-refractivity contribution in [2.45, 2.75) is 26.1 Å². The second kappa shape index (κ2) is 11.3. The number of pyridine rings is 2. The molecule has 1 amide bonds. The number of halogens is 2. The Bertz CT molecular complexity index is 1890. The highest BCUT2D eigenvalue weighted by Crippen LogP contribution is 2.28. The molecule has 2 aromatic carbocycles. The Labute approximate surface area is 243 Å². The molecule has 5 aromatic rings. The summed E-state index contributed by atoms with van der Waals surface area (Å²) in [6, 6.07) is 16.0. The van der Waals surface area contributed by atoms with Crippen LogP contribution in [0.3, 0.4) is 0 Å². The minimum atomic E-state index is -2.98. The van der Waals surface area contributed by atoms with Gasteiger partial charge >= 0.3 is 12.7 Å². The highest BCUT2D eigenvalue weighted by molar-refractivity contribution is 5.87. The lowest BCUT2D eigenvalue weighted by atomic mass is 10.0. The first-order chi connectivity index (χ1) is 20.8. The fourth-order valence-electron chi connectivity index (χ4n) is 5.15. The Morgan fingerprint density at radius 3 is 2.58 bits per heavy atom. The van der Waals surface area contributed by atoms with Gasteiger partial charge in [-0.05, 0) is 61.0 Å². The second-order valence-corrected chi connectivity index (χ2v) is 9.90. The number of aryl methyl sites for hydroxylation is 1. The summed E-state index contributed by atoms with van der Waals surface area (Å²) in [5.74, 6) is 0.877. The van der Waals surface area contributed by atoms with Gasteiger partial charge in [0.25, 0.3) is 5.56 Å². The van der Waals surface area contributed by atoms with Crippen LogP contribution < -0.4 is 15.0 Å². The van der Waals surface area contributed by atoms with E-state index in [-0.39, 0.29) is 31.1 Å². The largest absolute Gasteiger partial charge is 0.478 e. The average molecular weight is 592 g/mol. The Kier molecular flexibility index (Phi) is 7.40. The molecule has 3 aromatic heterocycles. The summed E-state index contributed by atoms with van der Waals surface area (Å²) in [7, 11) is 1.81. The van der Waals surface area contributed by atoms with Crippen molar-refractivity contribution in [1.29, 1.82) is 0 Å². The van der Waals surface area contributed by atoms with E-state index < -0.39 is 18.7 Å². The van der Waals surface area contributed by atoms with Gasteiger partial charge in [-0.25, -0.2) is 9.78 Å². The van der Waals surface area contributed by atoms with Gasteiger partial charge in [-0.3, -0.25) is 14.3 Å². The molecule has 13 heteroatoms. The fraction of sp³-hybridized carbons (Fsp3) is 0.267. The van der Waals surface area contributed by atoms with Gasteiger partial charge < -0.3 is 23.9 Å². The third-order valence-electron chi connectivity index (χ3n) is 7.32. The van der Waals surface area contributed by atoms with Gasteiger partial charge in [0.2, 0.25) is 5.88 Å². The number of ether oxygens (including phenoxy) is 3. The van der Waals surface area contributed by atoms with E-state index in [4.69, 9.17) is 9.47 Å². The van der Waals surface area contributed by atoms with Gasteiger partial charge in [-0.2, -0.15) is 13.8 Å². The SMILES string of the molecule is CCOc1ccc2cc(-c3ccc4nc(CN5C(=O)OCC5CO)n(C)c4c3)c(=O)n(-c3ccc(OC(F)F)cc3)c2n1. The maximum absolute atomic E-state index is 14.1. The molecule has 1 N–H and O–H groups in total. The van der Waals surface area contributed by atoms with E-state index in [0.29, 0.717) is 51.7 Å². The van der Waals surface area contributed by atoms with Gasteiger partial charge in [-0.1, -0.05) is 6.07 Å². The summed E-state index contributed by atoms with van der Waals surface area (Å²) in [6.07, 6.45) is -0.515. The van der Waals surface area contributed by atoms with Crippen LogP contribution in [0.1, 0.15) is 12.7 Å². The number of fused-ring (bicyclic) bond motifs is 2. The molecule has 0 spiro atoms. The third-order valence-corrected chi connectivity index (χ3v) is 7.32. The number of hydrogen-bond acceptors (Lipinski definition) is 8. The molecular weight excluding hydrogens is 564 g/mol. The lowest BCUT2D eigenvalue weighted by Gasteiger charge is -2.18. The monoisotopic (exact) mass is 591 g/mol. The first-order valence-corrected chi connectivity index (χ1v) is 13.5. The number of aliphatic hydroxyl groups excluding tert-OH is 1. The normalized spacial score (nSPS) is 15.1. The van der Waals surface area contributed by atoms with E-state index in [0.717, 1.165) is 5.52 Å². The smallest absolute Gasteiger partial charge is 0.410 e. The summed E-state index contributed by atoms with van der Waals surface area (Å²) < 4.78 is 43.8. The third kappa shape index (κ3) is 5.23. The van der Waals surface area contributed by atoms with Crippen LogP contribution >= 0.6 is 0 Å². The van der Waals surface area contributed by atoms with Gasteiger partial charge in [0.1, 0.15) is 18.2 Å². The zero-order valence-electron chi connectivity index (χ0n) is 23.2. The van der Waals surface area contributed by atoms with Crippen molar-refractivity contribution in [3.63, 3.8) is 0 Å². The molecule has 1 saturated heterocycles. The lowest BCUT2D eigenvalue weighted by molar-refractivity contribution is -0.0498. The zero-order valence-corrected chi connectivity index (χ0v) is 23.2. The summed E-state index contributed by atoms with van der Waals surface area (Å²) in [5.41, 5.74) is 2.73. The molecule has 4 heterocycles. The van der Waals surface area contributed by atoms with E-state index in [1.807, 2.05) is 24.6 Å². The Morgan fingerprint density at radius 1 is 1.07 bits per heavy atom. The number of rotatable bonds is 9. The van der Waals surface area contributed by atoms with Crippen molar-refractivity contribution in [2.75, 3.05) is 19.8 Å². The minimum Gasteiger partial charge on any atom is -0.478 e. The maximum atomic E-state index is 14.1. The molecule has 0 radical (unpaired) electrons. The van der Waals surface area contributed by atoms with Crippen LogP contribution in [0.25, 0.3) is 38.9 Å². The van der Waals surface area contributed by atoms with Crippen LogP contribution in [-0.2, 0) is 18.3 Å². The molecule has 1 aliphatic heterocycles. The number of alkyl halides is 2. The van der Waals surface area contributed by atoms with Gasteiger partial charge in [-0.15, -0.1) is 0 Å². The zero-order chi connectivity index (χ0) is 30.2. The predicted molar refractivity (Wildman–Crippen MR) is 153 cm³/mol. The summed E-state index contributed by atoms with van der Waals surface area (Å²) in [4.78, 5) is 37.0. The van der Waals surface area contributed by atoms with E-state index in [9.17, 15) is 23.5 Å². The molecule has 1 unspecified atom stereocenters. The van der Waals surface area contributed by atoms with Crippen LogP contribution in [0.5, 0.6) is 11.6 Å². The topological polar surface area (TPSA) is 121 Å². The molecular formula is C30H27F2N5O6. The molecule has 43 heavy (non-hydrogen) atoms. The standard InChI is InChI=1S/C30H27F2N5O6/c1-3-41-26-11-5-18-12-22(28(39)37(27(18)34-26)19-6-8-21(9-7-19)43-29(31)32)17-4-10-23-24(13-17)35(2)25(33-23)14-36-20(15-38)16-42-30(36)40/h4-13,20,29,38H,3,14-16H2,1-2H3. The number of cyclic esters (lactones) is 1. The van der Waals surface area contributed by atoms with Crippen LogP contribution in [0, 0.1) is 0 Å². The fourth-order valence-corrected chi connectivity index (χ4v) is 5.15. The predicted octanol–water partition coefficient (Wildman–Crippen LogP) is 4.25. The van der Waals surface area contributed by atoms with Crippen molar-refractivity contribution in [3.8, 4) is 28.4 Å². The van der Waals surface area contributed by atoms with E-state index in [2.05, 4.69) is 14.7 Å². The number of carbonyl (C=O) groups excluding carboxylic acids is 1. The highest BCUT2D eigenvalue weighted by Gasteiger charge is 2.33. The number of benzene rings is 2. The molecule has 222 valence electrons. The molecule has 1 aliphatic rings. The van der Waals surface area contributed by atoms with E-state index in [1.165, 1.54) is 33.7 Å². The number of nitrogens with zero attached hydrogens (tertiary/aromatic N) is 5. The minimum absolute atomic E-state index is 0.0415. The number of carbonyl (C=O) groups is 1. The van der Waals surface area contributed by atoms with Crippen molar-refractivity contribution in [3.05, 3.63) is 76.8 Å². The molecule has 6 rings (SSSR count). The van der Waals surface area contributed by atoms with Crippen LogP contribution in [0.2, 0.25) is 0 Å². The molecule has 1 atom stereocenters. The Balaban J connectivity index is 1.46. The summed E-state index contributed by atoms with van der Waals surface area (Å²) in [5, 5.41) is 10.3. The Hall–Kier alpha value is -5.04. The number of hydrogen-bond donors (Lipinski definition) is 1. The molecule has 0 saturated carbocycles. The first kappa shape index (κ1) is 28.1. The lowest BCUT2D eigenvalue weighted by Crippen LogP contribution is -2.36. The number of aromatic nitrogens is 4. The van der Waals surface area contributed by atoms with Crippen LogP contribution in [0.15, 0.2) is 65.5 Å². The van der Waals surface area contributed by atoms with E-state index in [1.54, 1.807) is 30.3 Å². The van der Waals surface area contributed by atoms with Crippen molar-refractivity contribution in [2.24, 2.45) is 7.05 Å². The summed E-state index contributed by atoms with van der Waals surface area (Å²) in [6.45, 7) is -0.738. The number of imidazole rings is 1. The van der Waals surface area contributed by atoms with Crippen molar-refractivity contribution < 1.29 is 32.9 Å². The average Bonchev–Trinajstić information content (AvgIpc) is 3.51. The summed E-state index contributed by atoms with van der Waals surface area (Å²) >= 11 is 0. The first-order valence-electron chi connectivity index (χ1n) is 13.5. The molecule has 11 nitrogen and oxygen atoms in total. The number of aliphatic hydroxyl groups is 1. The van der Waals surface area contributed by atoms with Crippen LogP contribution in [-0.4, -0.2) is 67.7 Å². The molecule has 0 bridgehead atoms. The van der Waals surface area contributed by atoms with E-state index >= 15 is 0 Å². The van der Waals surface area contributed by atoms with Gasteiger partial charge in [0, 0.05) is 24.1 Å². The van der Waals surface area contributed by atoms with Gasteiger partial charge in [0.05, 0.1) is 42.5 Å². The number of amides is 1. The molecule has 0 aliphatic carbocycles. The highest BCUT2D eigenvalue weighted by atomic mass is 19.3.